The van der Waals surface area contributed by atoms with E-state index in [1.165, 1.54) is 49.4 Å². The van der Waals surface area contributed by atoms with Crippen LogP contribution in [-0.2, 0) is 12.8 Å². The van der Waals surface area contributed by atoms with Gasteiger partial charge in [-0.15, -0.1) is 0 Å². The maximum atomic E-state index is 6.35. The van der Waals surface area contributed by atoms with Crippen LogP contribution in [0.4, 0.5) is 11.4 Å². The second kappa shape index (κ2) is 8.29. The van der Waals surface area contributed by atoms with Gasteiger partial charge < -0.3 is 11.5 Å². The van der Waals surface area contributed by atoms with Gasteiger partial charge in [-0.3, -0.25) is 0 Å². The Labute approximate surface area is 195 Å². The van der Waals surface area contributed by atoms with Crippen molar-refractivity contribution < 1.29 is 0 Å². The van der Waals surface area contributed by atoms with Crippen molar-refractivity contribution in [3.8, 4) is 22.3 Å². The number of benzene rings is 5. The van der Waals surface area contributed by atoms with Crippen LogP contribution in [0.2, 0.25) is 0 Å². The van der Waals surface area contributed by atoms with Crippen molar-refractivity contribution in [2.75, 3.05) is 11.5 Å². The molecule has 0 amide bonds. The first-order valence-electron chi connectivity index (χ1n) is 11.7. The minimum absolute atomic E-state index is 0.737. The van der Waals surface area contributed by atoms with Gasteiger partial charge in [-0.25, -0.2) is 0 Å². The molecule has 0 unspecified atom stereocenters. The van der Waals surface area contributed by atoms with Gasteiger partial charge in [-0.1, -0.05) is 74.5 Å². The van der Waals surface area contributed by atoms with Crippen LogP contribution in [0.5, 0.6) is 0 Å². The van der Waals surface area contributed by atoms with Gasteiger partial charge in [-0.2, -0.15) is 0 Å². The molecule has 0 atom stereocenters. The monoisotopic (exact) mass is 430 g/mol. The van der Waals surface area contributed by atoms with Crippen LogP contribution in [0.25, 0.3) is 43.8 Å². The van der Waals surface area contributed by atoms with E-state index in [1.807, 2.05) is 6.92 Å². The lowest BCUT2D eigenvalue weighted by Crippen LogP contribution is -2.01. The Hall–Kier alpha value is -3.78. The molecule has 164 valence electrons. The Balaban J connectivity index is 1.97. The molecule has 0 saturated carbocycles. The predicted molar refractivity (Wildman–Crippen MR) is 145 cm³/mol. The zero-order valence-corrected chi connectivity index (χ0v) is 19.6. The van der Waals surface area contributed by atoms with E-state index in [0.717, 1.165) is 35.3 Å². The van der Waals surface area contributed by atoms with Gasteiger partial charge in [-0.05, 0) is 98.5 Å². The maximum absolute atomic E-state index is 6.35. The lowest BCUT2D eigenvalue weighted by Gasteiger charge is -2.22. The van der Waals surface area contributed by atoms with E-state index >= 15 is 0 Å². The average molecular weight is 431 g/mol. The fourth-order valence-corrected chi connectivity index (χ4v) is 5.12. The fourth-order valence-electron chi connectivity index (χ4n) is 5.12. The molecule has 0 aliphatic carbocycles. The molecular weight excluding hydrogens is 400 g/mol. The van der Waals surface area contributed by atoms with Crippen molar-refractivity contribution in [2.45, 2.75) is 33.6 Å². The van der Waals surface area contributed by atoms with Crippen LogP contribution in [0.1, 0.15) is 30.5 Å². The number of rotatable bonds is 4. The molecule has 5 aromatic carbocycles. The lowest BCUT2D eigenvalue weighted by molar-refractivity contribution is 1.13. The van der Waals surface area contributed by atoms with Crippen LogP contribution < -0.4 is 11.5 Å². The highest BCUT2D eigenvalue weighted by molar-refractivity contribution is 6.10. The van der Waals surface area contributed by atoms with Gasteiger partial charge in [0, 0.05) is 11.4 Å². The molecule has 0 radical (unpaired) electrons. The standard InChI is InChI=1S/C31H30N2/c1-4-20-14-15-21-10-6-8-12-25(21)30(20)31-24(5-2)27(16-22-11-7-9-13-26(22)31)23-17-28(32)19(3)29(33)18-23/h6-18H,4-5,32-33H2,1-3H3. The Bertz CT molecular complexity index is 1490. The highest BCUT2D eigenvalue weighted by Crippen LogP contribution is 2.44. The zero-order valence-electron chi connectivity index (χ0n) is 19.6. The van der Waals surface area contributed by atoms with Gasteiger partial charge in [0.1, 0.15) is 0 Å². The summed E-state index contributed by atoms with van der Waals surface area (Å²) in [5.74, 6) is 0. The van der Waals surface area contributed by atoms with E-state index in [-0.39, 0.29) is 0 Å². The van der Waals surface area contributed by atoms with Crippen molar-refractivity contribution in [1.29, 1.82) is 0 Å². The quantitative estimate of drug-likeness (QED) is 0.284. The predicted octanol–water partition coefficient (Wildman–Crippen LogP) is 7.92. The number of fused-ring (bicyclic) bond motifs is 2. The number of hydrogen-bond acceptors (Lipinski definition) is 2. The number of nitrogen functional groups attached to an aromatic ring is 2. The second-order valence-corrected chi connectivity index (χ2v) is 8.81. The summed E-state index contributed by atoms with van der Waals surface area (Å²) in [6.45, 7) is 6.46. The fraction of sp³-hybridized carbons (Fsp3) is 0.161. The minimum atomic E-state index is 0.737. The van der Waals surface area contributed by atoms with Crippen LogP contribution in [0, 0.1) is 6.92 Å². The summed E-state index contributed by atoms with van der Waals surface area (Å²) in [5.41, 5.74) is 22.8. The van der Waals surface area contributed by atoms with Crippen LogP contribution in [0.15, 0.2) is 78.9 Å². The summed E-state index contributed by atoms with van der Waals surface area (Å²) >= 11 is 0. The highest BCUT2D eigenvalue weighted by Gasteiger charge is 2.20. The van der Waals surface area contributed by atoms with Gasteiger partial charge >= 0.3 is 0 Å². The molecule has 0 aromatic heterocycles. The summed E-state index contributed by atoms with van der Waals surface area (Å²) in [7, 11) is 0. The van der Waals surface area contributed by atoms with Crippen molar-refractivity contribution >= 4 is 32.9 Å². The second-order valence-electron chi connectivity index (χ2n) is 8.81. The number of anilines is 2. The van der Waals surface area contributed by atoms with Gasteiger partial charge in [0.25, 0.3) is 0 Å². The van der Waals surface area contributed by atoms with Crippen LogP contribution in [-0.4, -0.2) is 0 Å². The number of hydrogen-bond donors (Lipinski definition) is 2. The first kappa shape index (κ1) is 21.1. The molecule has 0 aliphatic rings. The highest BCUT2D eigenvalue weighted by atomic mass is 14.6. The molecule has 2 heteroatoms. The van der Waals surface area contributed by atoms with E-state index < -0.39 is 0 Å². The Morgan fingerprint density at radius 1 is 0.636 bits per heavy atom. The molecule has 0 spiro atoms. The largest absolute Gasteiger partial charge is 0.398 e. The summed E-state index contributed by atoms with van der Waals surface area (Å²) in [5, 5.41) is 5.09. The van der Waals surface area contributed by atoms with Gasteiger partial charge in [0.05, 0.1) is 0 Å². The SMILES string of the molecule is CCc1ccc2ccccc2c1-c1c(CC)c(-c2cc(N)c(C)c(N)c2)cc2ccccc12. The summed E-state index contributed by atoms with van der Waals surface area (Å²) < 4.78 is 0. The molecule has 0 aliphatic heterocycles. The van der Waals surface area contributed by atoms with E-state index in [0.29, 0.717) is 0 Å². The number of aryl methyl sites for hydroxylation is 1. The molecule has 5 rings (SSSR count). The van der Waals surface area contributed by atoms with Crippen molar-refractivity contribution in [2.24, 2.45) is 0 Å². The third-order valence-corrected chi connectivity index (χ3v) is 6.96. The van der Waals surface area contributed by atoms with Crippen LogP contribution >= 0.6 is 0 Å². The normalized spacial score (nSPS) is 11.4. The smallest absolute Gasteiger partial charge is 0.0370 e. The molecule has 0 saturated heterocycles. The van der Waals surface area contributed by atoms with Crippen molar-refractivity contribution in [3.63, 3.8) is 0 Å². The summed E-state index contributed by atoms with van der Waals surface area (Å²) in [4.78, 5) is 0. The van der Waals surface area contributed by atoms with E-state index in [1.54, 1.807) is 0 Å². The summed E-state index contributed by atoms with van der Waals surface area (Å²) in [6, 6.07) is 28.4. The molecule has 0 fully saturated rings. The van der Waals surface area contributed by atoms with Crippen molar-refractivity contribution in [3.05, 3.63) is 95.6 Å². The Morgan fingerprint density at radius 3 is 1.88 bits per heavy atom. The third-order valence-electron chi connectivity index (χ3n) is 6.96. The van der Waals surface area contributed by atoms with Gasteiger partial charge in [0.2, 0.25) is 0 Å². The topological polar surface area (TPSA) is 52.0 Å². The molecule has 33 heavy (non-hydrogen) atoms. The first-order valence-corrected chi connectivity index (χ1v) is 11.7. The average Bonchev–Trinajstić information content (AvgIpc) is 2.85. The molecule has 4 N–H and O–H groups in total. The minimum Gasteiger partial charge on any atom is -0.398 e. The molecule has 2 nitrogen and oxygen atoms in total. The molecule has 0 heterocycles. The molecular formula is C31H30N2. The summed E-state index contributed by atoms with van der Waals surface area (Å²) in [6.07, 6.45) is 1.89. The third kappa shape index (κ3) is 3.43. The van der Waals surface area contributed by atoms with Crippen LogP contribution in [0.3, 0.4) is 0 Å². The molecule has 5 aromatic rings. The maximum Gasteiger partial charge on any atom is 0.0370 e. The van der Waals surface area contributed by atoms with E-state index in [4.69, 9.17) is 11.5 Å². The Morgan fingerprint density at radius 2 is 1.24 bits per heavy atom. The van der Waals surface area contributed by atoms with Crippen molar-refractivity contribution in [1.82, 2.24) is 0 Å². The lowest BCUT2D eigenvalue weighted by atomic mass is 9.82. The Kier molecular flexibility index (Phi) is 5.30. The van der Waals surface area contributed by atoms with E-state index in [9.17, 15) is 0 Å². The molecule has 0 bridgehead atoms. The van der Waals surface area contributed by atoms with Gasteiger partial charge in [0.15, 0.2) is 0 Å². The zero-order chi connectivity index (χ0) is 23.1. The van der Waals surface area contributed by atoms with E-state index in [2.05, 4.69) is 92.7 Å². The first-order chi connectivity index (χ1) is 16.0. The number of nitrogens with two attached hydrogens (primary N) is 2.